The molecule has 0 spiro atoms. The fourth-order valence-corrected chi connectivity index (χ4v) is 4.68. The number of benzene rings is 3. The normalized spacial score (nSPS) is 11.1. The number of ether oxygens (including phenoxy) is 3. The molecule has 0 radical (unpaired) electrons. The van der Waals surface area contributed by atoms with Gasteiger partial charge in [-0.2, -0.15) is 5.10 Å². The number of methoxy groups -OCH3 is 3. The number of nitrogens with one attached hydrogen (secondary N) is 1. The van der Waals surface area contributed by atoms with Crippen molar-refractivity contribution < 1.29 is 19.0 Å². The van der Waals surface area contributed by atoms with Crippen molar-refractivity contribution in [2.45, 2.75) is 11.7 Å². The summed E-state index contributed by atoms with van der Waals surface area (Å²) in [5, 5.41) is 5.48. The summed E-state index contributed by atoms with van der Waals surface area (Å²) in [5.74, 6) is 1.30. The second-order valence-corrected chi connectivity index (χ2v) is 8.92. The zero-order valence-corrected chi connectivity index (χ0v) is 21.6. The van der Waals surface area contributed by atoms with Crippen LogP contribution in [0.25, 0.3) is 11.0 Å². The number of hydrazone groups is 1. The monoisotopic (exact) mass is 524 g/mol. The molecular formula is C26H25ClN4O4S. The fraction of sp³-hybridized carbons (Fsp3) is 0.192. The highest BCUT2D eigenvalue weighted by Gasteiger charge is 2.16. The molecule has 3 aromatic carbocycles. The molecule has 1 amide bonds. The second kappa shape index (κ2) is 11.8. The lowest BCUT2D eigenvalue weighted by molar-refractivity contribution is -0.118. The lowest BCUT2D eigenvalue weighted by atomic mass is 10.2. The molecule has 0 unspecified atom stereocenters. The van der Waals surface area contributed by atoms with E-state index in [0.29, 0.717) is 34.4 Å². The number of thioether (sulfide) groups is 1. The van der Waals surface area contributed by atoms with Crippen LogP contribution in [0.5, 0.6) is 17.2 Å². The highest BCUT2D eigenvalue weighted by Crippen LogP contribution is 2.39. The Bertz CT molecular complexity index is 1410. The third-order valence-corrected chi connectivity index (χ3v) is 6.71. The van der Waals surface area contributed by atoms with Crippen LogP contribution in [0.1, 0.15) is 11.1 Å². The van der Waals surface area contributed by atoms with Crippen LogP contribution in [0.15, 0.2) is 70.9 Å². The van der Waals surface area contributed by atoms with Gasteiger partial charge < -0.3 is 18.8 Å². The molecule has 0 bridgehead atoms. The molecule has 1 heterocycles. The molecule has 4 rings (SSSR count). The van der Waals surface area contributed by atoms with Gasteiger partial charge in [0, 0.05) is 10.6 Å². The summed E-state index contributed by atoms with van der Waals surface area (Å²) in [5.41, 5.74) is 5.98. The number of imidazole rings is 1. The smallest absolute Gasteiger partial charge is 0.250 e. The Morgan fingerprint density at radius 2 is 1.78 bits per heavy atom. The molecule has 1 aromatic heterocycles. The lowest BCUT2D eigenvalue weighted by Crippen LogP contribution is -2.20. The zero-order valence-electron chi connectivity index (χ0n) is 20.0. The summed E-state index contributed by atoms with van der Waals surface area (Å²) < 4.78 is 18.2. The van der Waals surface area contributed by atoms with Crippen LogP contribution in [0.3, 0.4) is 0 Å². The number of aromatic nitrogens is 2. The van der Waals surface area contributed by atoms with Gasteiger partial charge in [-0.25, -0.2) is 10.4 Å². The van der Waals surface area contributed by atoms with E-state index < -0.39 is 0 Å². The third kappa shape index (κ3) is 5.58. The van der Waals surface area contributed by atoms with Crippen LogP contribution in [0.2, 0.25) is 5.02 Å². The van der Waals surface area contributed by atoms with Crippen LogP contribution in [-0.4, -0.2) is 48.8 Å². The van der Waals surface area contributed by atoms with E-state index >= 15 is 0 Å². The highest BCUT2D eigenvalue weighted by molar-refractivity contribution is 7.99. The van der Waals surface area contributed by atoms with Crippen LogP contribution < -0.4 is 19.6 Å². The molecule has 0 fully saturated rings. The summed E-state index contributed by atoms with van der Waals surface area (Å²) in [6.07, 6.45) is 1.50. The molecule has 4 aromatic rings. The molecule has 10 heteroatoms. The van der Waals surface area contributed by atoms with Crippen LogP contribution in [0.4, 0.5) is 0 Å². The minimum absolute atomic E-state index is 0.131. The minimum Gasteiger partial charge on any atom is -0.493 e. The van der Waals surface area contributed by atoms with Crippen molar-refractivity contribution in [1.29, 1.82) is 0 Å². The number of nitrogens with zero attached hydrogens (tertiary/aromatic N) is 3. The van der Waals surface area contributed by atoms with Gasteiger partial charge in [-0.3, -0.25) is 4.79 Å². The Kier molecular flexibility index (Phi) is 8.35. The van der Waals surface area contributed by atoms with E-state index in [9.17, 15) is 4.79 Å². The average Bonchev–Trinajstić information content (AvgIpc) is 3.25. The molecule has 186 valence electrons. The van der Waals surface area contributed by atoms with Crippen molar-refractivity contribution in [3.8, 4) is 17.2 Å². The predicted octanol–water partition coefficient (Wildman–Crippen LogP) is 5.01. The van der Waals surface area contributed by atoms with Gasteiger partial charge in [-0.05, 0) is 35.9 Å². The first-order chi connectivity index (χ1) is 17.5. The summed E-state index contributed by atoms with van der Waals surface area (Å²) in [6.45, 7) is 0.543. The summed E-state index contributed by atoms with van der Waals surface area (Å²) >= 11 is 7.73. The summed E-state index contributed by atoms with van der Waals surface area (Å²) in [7, 11) is 4.60. The number of rotatable bonds is 10. The van der Waals surface area contributed by atoms with Crippen LogP contribution >= 0.6 is 23.4 Å². The first-order valence-corrected chi connectivity index (χ1v) is 12.3. The van der Waals surface area contributed by atoms with E-state index in [4.69, 9.17) is 30.8 Å². The molecule has 0 atom stereocenters. The Morgan fingerprint density at radius 3 is 2.53 bits per heavy atom. The minimum atomic E-state index is -0.271. The van der Waals surface area contributed by atoms with Crippen molar-refractivity contribution in [1.82, 2.24) is 15.0 Å². The first-order valence-electron chi connectivity index (χ1n) is 11.0. The Balaban J connectivity index is 1.46. The van der Waals surface area contributed by atoms with Crippen molar-refractivity contribution in [3.63, 3.8) is 0 Å². The SMILES string of the molecule is COc1ccc(/C=N\NC(=O)CSc2nc3ccccc3n2Cc2ccccc2Cl)c(OC)c1OC. The zero-order chi connectivity index (χ0) is 25.5. The Hall–Kier alpha value is -3.69. The quantitative estimate of drug-likeness (QED) is 0.178. The first kappa shape index (κ1) is 25.4. The number of amides is 1. The molecule has 0 aliphatic carbocycles. The molecule has 0 aliphatic rings. The largest absolute Gasteiger partial charge is 0.493 e. The maximum absolute atomic E-state index is 12.5. The van der Waals surface area contributed by atoms with Gasteiger partial charge in [-0.15, -0.1) is 0 Å². The third-order valence-electron chi connectivity index (χ3n) is 5.37. The van der Waals surface area contributed by atoms with Crippen molar-refractivity contribution in [3.05, 3.63) is 76.8 Å². The van der Waals surface area contributed by atoms with Gasteiger partial charge in [0.15, 0.2) is 16.7 Å². The number of fused-ring (bicyclic) bond motifs is 1. The Labute approximate surface area is 218 Å². The topological polar surface area (TPSA) is 87.0 Å². The molecule has 1 N–H and O–H groups in total. The Morgan fingerprint density at radius 1 is 1.03 bits per heavy atom. The second-order valence-electron chi connectivity index (χ2n) is 7.57. The molecule has 36 heavy (non-hydrogen) atoms. The lowest BCUT2D eigenvalue weighted by Gasteiger charge is -2.13. The maximum atomic E-state index is 12.5. The predicted molar refractivity (Wildman–Crippen MR) is 143 cm³/mol. The van der Waals surface area contributed by atoms with E-state index in [1.807, 2.05) is 48.5 Å². The van der Waals surface area contributed by atoms with Gasteiger partial charge in [0.1, 0.15) is 0 Å². The van der Waals surface area contributed by atoms with E-state index in [0.717, 1.165) is 21.8 Å². The highest BCUT2D eigenvalue weighted by atomic mass is 35.5. The van der Waals surface area contributed by atoms with E-state index in [-0.39, 0.29) is 11.7 Å². The molecule has 0 saturated heterocycles. The van der Waals surface area contributed by atoms with Gasteiger partial charge >= 0.3 is 0 Å². The van der Waals surface area contributed by atoms with Gasteiger partial charge in [0.2, 0.25) is 5.75 Å². The fourth-order valence-electron chi connectivity index (χ4n) is 3.68. The van der Waals surface area contributed by atoms with E-state index in [1.165, 1.54) is 32.2 Å². The summed E-state index contributed by atoms with van der Waals surface area (Å²) in [6, 6.07) is 19.1. The average molecular weight is 525 g/mol. The number of hydrogen-bond acceptors (Lipinski definition) is 7. The van der Waals surface area contributed by atoms with Gasteiger partial charge in [0.05, 0.1) is 50.9 Å². The molecular weight excluding hydrogens is 500 g/mol. The van der Waals surface area contributed by atoms with Crippen LogP contribution in [-0.2, 0) is 11.3 Å². The van der Waals surface area contributed by atoms with Crippen molar-refractivity contribution >= 4 is 46.5 Å². The number of para-hydroxylation sites is 2. The molecule has 8 nitrogen and oxygen atoms in total. The number of hydrogen-bond donors (Lipinski definition) is 1. The number of halogens is 1. The maximum Gasteiger partial charge on any atom is 0.250 e. The number of carbonyl (C=O) groups is 1. The van der Waals surface area contributed by atoms with Gasteiger partial charge in [0.25, 0.3) is 5.91 Å². The molecule has 0 saturated carbocycles. The van der Waals surface area contributed by atoms with E-state index in [1.54, 1.807) is 19.2 Å². The van der Waals surface area contributed by atoms with Gasteiger partial charge in [-0.1, -0.05) is 53.7 Å². The van der Waals surface area contributed by atoms with Crippen molar-refractivity contribution in [2.75, 3.05) is 27.1 Å². The molecule has 0 aliphatic heterocycles. The van der Waals surface area contributed by atoms with Crippen LogP contribution in [0, 0.1) is 0 Å². The summed E-state index contributed by atoms with van der Waals surface area (Å²) in [4.78, 5) is 17.3. The van der Waals surface area contributed by atoms with E-state index in [2.05, 4.69) is 15.1 Å². The van der Waals surface area contributed by atoms with Crippen molar-refractivity contribution in [2.24, 2.45) is 5.10 Å². The number of carbonyl (C=O) groups excluding carboxylic acids is 1. The standard InChI is InChI=1S/C26H25ClN4O4S/c1-33-22-13-12-17(24(34-2)25(22)35-3)14-28-30-23(32)16-36-26-29-20-10-6-7-11-21(20)31(26)15-18-8-4-5-9-19(18)27/h4-14H,15-16H2,1-3H3,(H,30,32)/b28-14-.